The predicted octanol–water partition coefficient (Wildman–Crippen LogP) is 0.851. The second kappa shape index (κ2) is 5.97. The summed E-state index contributed by atoms with van der Waals surface area (Å²) >= 11 is 0. The van der Waals surface area contributed by atoms with Gasteiger partial charge < -0.3 is 15.2 Å². The van der Waals surface area contributed by atoms with Gasteiger partial charge in [-0.3, -0.25) is 0 Å². The molecule has 0 spiro atoms. The molecule has 2 N–H and O–H groups in total. The lowest BCUT2D eigenvalue weighted by atomic mass is 10.5. The minimum atomic E-state index is -0.980. The minimum absolute atomic E-state index is 0.416. The van der Waals surface area contributed by atoms with Gasteiger partial charge in [0.15, 0.2) is 0 Å². The lowest BCUT2D eigenvalue weighted by Crippen LogP contribution is -2.29. The van der Waals surface area contributed by atoms with Crippen molar-refractivity contribution in [3.05, 3.63) is 0 Å². The molecule has 0 aromatic rings. The van der Waals surface area contributed by atoms with E-state index in [1.807, 2.05) is 6.92 Å². The van der Waals surface area contributed by atoms with E-state index in [9.17, 15) is 4.79 Å². The monoisotopic (exact) mass is 161 g/mol. The maximum absolute atomic E-state index is 10.7. The molecule has 0 aliphatic rings. The van der Waals surface area contributed by atoms with Crippen molar-refractivity contribution < 1.29 is 14.6 Å². The molecular weight excluding hydrogens is 146 g/mol. The van der Waals surface area contributed by atoms with Crippen molar-refractivity contribution in [2.24, 2.45) is 0 Å². The Bertz CT molecular complexity index is 116. The average molecular weight is 161 g/mol. The Morgan fingerprint density at radius 3 is 2.73 bits per heavy atom. The number of amides is 1. The Balaban J connectivity index is 3.36. The first-order valence-electron chi connectivity index (χ1n) is 3.83. The largest absolute Gasteiger partial charge is 0.420 e. The van der Waals surface area contributed by atoms with E-state index < -0.39 is 12.4 Å². The maximum Gasteiger partial charge on any atom is 0.409 e. The van der Waals surface area contributed by atoms with Crippen molar-refractivity contribution in [3.8, 4) is 0 Å². The van der Waals surface area contributed by atoms with E-state index in [1.54, 1.807) is 6.92 Å². The van der Waals surface area contributed by atoms with Crippen molar-refractivity contribution in [1.29, 1.82) is 0 Å². The summed E-state index contributed by atoms with van der Waals surface area (Å²) in [6.07, 6.45) is -0.260. The SMILES string of the molecule is CCCNC(=O)OC(O)CC. The van der Waals surface area contributed by atoms with Gasteiger partial charge in [-0.25, -0.2) is 4.79 Å². The molecule has 0 radical (unpaired) electrons. The van der Waals surface area contributed by atoms with E-state index in [0.717, 1.165) is 6.42 Å². The van der Waals surface area contributed by atoms with E-state index in [2.05, 4.69) is 10.1 Å². The quantitative estimate of drug-likeness (QED) is 0.601. The van der Waals surface area contributed by atoms with Crippen LogP contribution < -0.4 is 5.32 Å². The molecule has 0 rings (SSSR count). The van der Waals surface area contributed by atoms with Crippen LogP contribution in [0.3, 0.4) is 0 Å². The van der Waals surface area contributed by atoms with Gasteiger partial charge >= 0.3 is 6.09 Å². The molecule has 1 unspecified atom stereocenters. The smallest absolute Gasteiger partial charge is 0.409 e. The molecule has 0 bridgehead atoms. The lowest BCUT2D eigenvalue weighted by molar-refractivity contribution is -0.0531. The highest BCUT2D eigenvalue weighted by Crippen LogP contribution is 1.92. The molecule has 0 aromatic heterocycles. The highest BCUT2D eigenvalue weighted by Gasteiger charge is 2.06. The summed E-state index contributed by atoms with van der Waals surface area (Å²) in [5, 5.41) is 11.3. The second-order valence-electron chi connectivity index (χ2n) is 2.19. The third kappa shape index (κ3) is 5.66. The standard InChI is InChI=1S/C7H15NO3/c1-3-5-8-7(10)11-6(9)4-2/h6,9H,3-5H2,1-2H3,(H,8,10). The highest BCUT2D eigenvalue weighted by molar-refractivity contribution is 5.67. The fourth-order valence-corrected chi connectivity index (χ4v) is 0.476. The van der Waals surface area contributed by atoms with Crippen LogP contribution in [-0.2, 0) is 4.74 Å². The minimum Gasteiger partial charge on any atom is -0.420 e. The fraction of sp³-hybridized carbons (Fsp3) is 0.857. The number of nitrogens with one attached hydrogen (secondary N) is 1. The number of alkyl carbamates (subject to hydrolysis) is 1. The molecule has 0 fully saturated rings. The van der Waals surface area contributed by atoms with E-state index in [4.69, 9.17) is 5.11 Å². The third-order valence-electron chi connectivity index (χ3n) is 1.11. The zero-order valence-electron chi connectivity index (χ0n) is 6.96. The summed E-state index contributed by atoms with van der Waals surface area (Å²) in [6.45, 7) is 4.25. The number of hydrogen-bond donors (Lipinski definition) is 2. The number of rotatable bonds is 4. The summed E-state index contributed by atoms with van der Waals surface area (Å²) in [5.41, 5.74) is 0. The van der Waals surface area contributed by atoms with E-state index in [0.29, 0.717) is 13.0 Å². The van der Waals surface area contributed by atoms with Crippen LogP contribution >= 0.6 is 0 Å². The summed E-state index contributed by atoms with van der Waals surface area (Å²) in [4.78, 5) is 10.7. The van der Waals surface area contributed by atoms with Crippen molar-refractivity contribution in [2.45, 2.75) is 33.0 Å². The summed E-state index contributed by atoms with van der Waals surface area (Å²) in [7, 11) is 0. The van der Waals surface area contributed by atoms with Gasteiger partial charge in [-0.05, 0) is 6.42 Å². The van der Waals surface area contributed by atoms with Crippen LogP contribution in [0.1, 0.15) is 26.7 Å². The van der Waals surface area contributed by atoms with Crippen molar-refractivity contribution in [1.82, 2.24) is 5.32 Å². The fourth-order valence-electron chi connectivity index (χ4n) is 0.476. The van der Waals surface area contributed by atoms with Gasteiger partial charge in [-0.1, -0.05) is 13.8 Å². The first kappa shape index (κ1) is 10.2. The summed E-state index contributed by atoms with van der Waals surface area (Å²) in [6, 6.07) is 0. The number of carbonyl (C=O) groups is 1. The van der Waals surface area contributed by atoms with Gasteiger partial charge in [-0.15, -0.1) is 0 Å². The molecule has 0 aliphatic carbocycles. The molecule has 0 saturated heterocycles. The molecule has 0 saturated carbocycles. The first-order chi connectivity index (χ1) is 5.20. The van der Waals surface area contributed by atoms with Crippen LogP contribution in [0.2, 0.25) is 0 Å². The van der Waals surface area contributed by atoms with E-state index in [1.165, 1.54) is 0 Å². The Labute approximate surface area is 66.5 Å². The number of ether oxygens (including phenoxy) is 1. The molecule has 4 heteroatoms. The van der Waals surface area contributed by atoms with Gasteiger partial charge in [0.1, 0.15) is 0 Å². The summed E-state index contributed by atoms with van der Waals surface area (Å²) < 4.78 is 4.51. The van der Waals surface area contributed by atoms with E-state index in [-0.39, 0.29) is 0 Å². The topological polar surface area (TPSA) is 58.6 Å². The van der Waals surface area contributed by atoms with Crippen molar-refractivity contribution in [2.75, 3.05) is 6.54 Å². The number of aliphatic hydroxyl groups is 1. The Morgan fingerprint density at radius 2 is 2.27 bits per heavy atom. The van der Waals surface area contributed by atoms with Crippen LogP contribution in [0.25, 0.3) is 0 Å². The number of aliphatic hydroxyl groups excluding tert-OH is 1. The first-order valence-corrected chi connectivity index (χ1v) is 3.83. The van der Waals surface area contributed by atoms with Crippen LogP contribution in [0.5, 0.6) is 0 Å². The zero-order valence-corrected chi connectivity index (χ0v) is 6.96. The van der Waals surface area contributed by atoms with Gasteiger partial charge in [0.2, 0.25) is 6.29 Å². The van der Waals surface area contributed by atoms with Crippen molar-refractivity contribution >= 4 is 6.09 Å². The maximum atomic E-state index is 10.7. The van der Waals surface area contributed by atoms with Crippen LogP contribution in [-0.4, -0.2) is 24.0 Å². The molecule has 4 nitrogen and oxygen atoms in total. The number of carbonyl (C=O) groups excluding carboxylic acids is 1. The Kier molecular flexibility index (Phi) is 5.56. The molecule has 11 heavy (non-hydrogen) atoms. The van der Waals surface area contributed by atoms with E-state index >= 15 is 0 Å². The van der Waals surface area contributed by atoms with Gasteiger partial charge in [0.25, 0.3) is 0 Å². The summed E-state index contributed by atoms with van der Waals surface area (Å²) in [5.74, 6) is 0. The highest BCUT2D eigenvalue weighted by atomic mass is 16.6. The molecular formula is C7H15NO3. The molecule has 0 aliphatic heterocycles. The average Bonchev–Trinajstić information content (AvgIpc) is 2.00. The molecule has 1 atom stereocenters. The van der Waals surface area contributed by atoms with Crippen LogP contribution in [0, 0.1) is 0 Å². The molecule has 66 valence electrons. The van der Waals surface area contributed by atoms with Gasteiger partial charge in [0.05, 0.1) is 0 Å². The van der Waals surface area contributed by atoms with Gasteiger partial charge in [0, 0.05) is 13.0 Å². The van der Waals surface area contributed by atoms with Crippen molar-refractivity contribution in [3.63, 3.8) is 0 Å². The lowest BCUT2D eigenvalue weighted by Gasteiger charge is -2.09. The third-order valence-corrected chi connectivity index (χ3v) is 1.11. The van der Waals surface area contributed by atoms with Crippen LogP contribution in [0.15, 0.2) is 0 Å². The molecule has 0 aromatic carbocycles. The van der Waals surface area contributed by atoms with Crippen LogP contribution in [0.4, 0.5) is 4.79 Å². The normalized spacial score (nSPS) is 12.3. The predicted molar refractivity (Wildman–Crippen MR) is 41.1 cm³/mol. The molecule has 1 amide bonds. The van der Waals surface area contributed by atoms with Gasteiger partial charge in [-0.2, -0.15) is 0 Å². The Hall–Kier alpha value is -0.770. The zero-order chi connectivity index (χ0) is 8.69. The Morgan fingerprint density at radius 1 is 1.64 bits per heavy atom. The second-order valence-corrected chi connectivity index (χ2v) is 2.19. The number of hydrogen-bond acceptors (Lipinski definition) is 3. The molecule has 0 heterocycles.